The number of nitrogens with one attached hydrogen (secondary N) is 4. The number of fused-ring (bicyclic) bond motifs is 6. The number of hydrogen-bond acceptors (Lipinski definition) is 14. The maximum absolute atomic E-state index is 13.0. The molecule has 68 heavy (non-hydrogen) atoms. The van der Waals surface area contributed by atoms with Gasteiger partial charge in [-0.2, -0.15) is 4.98 Å². The monoisotopic (exact) mass is 959 g/mol. The first kappa shape index (κ1) is 48.9. The largest absolute Gasteiger partial charge is 0.494 e. The molecular formula is C49H66ClN9O9. The Hall–Kier alpha value is -5.49. The number of aryl methyl sites for hydroxylation is 1. The van der Waals surface area contributed by atoms with Gasteiger partial charge in [-0.25, -0.2) is 4.98 Å². The molecule has 3 amide bonds. The third kappa shape index (κ3) is 10.3. The van der Waals surface area contributed by atoms with E-state index in [2.05, 4.69) is 45.3 Å². The smallest absolute Gasteiger partial charge is 0.293 e. The summed E-state index contributed by atoms with van der Waals surface area (Å²) in [5.41, 5.74) is 2.07. The fourth-order valence-corrected chi connectivity index (χ4v) is 12.3. The zero-order chi connectivity index (χ0) is 48.2. The second-order valence-corrected chi connectivity index (χ2v) is 20.1. The number of methoxy groups -OCH3 is 1. The molecule has 1 saturated heterocycles. The zero-order valence-corrected chi connectivity index (χ0v) is 40.7. The molecule has 5 aliphatic rings. The number of Topliss-reactive ketones (excluding diaryl/α,β-unsaturated/α-hetero) is 1. The number of oxime groups is 1. The predicted octanol–water partition coefficient (Wildman–Crippen LogP) is 5.31. The van der Waals surface area contributed by atoms with E-state index in [4.69, 9.17) is 35.6 Å². The SMILES string of the molecule is CNC(=O)COc1cc2cc(Nc3nc(N4CCC(C(=O)NCCOCCNC(=O)CO/N=C5\CC[C@H]6[C@@H]7CC[C@H]8CC(=O)CC[C@]8(C)[C@H]7CC[C@]56C)CC4)ncc3Cl)cc(OC)c2n(C)c1=O. The number of ketones is 1. The molecule has 6 atom stereocenters. The average Bonchev–Trinajstić information content (AvgIpc) is 3.68. The topological polar surface area (TPSA) is 217 Å². The summed E-state index contributed by atoms with van der Waals surface area (Å²) in [5, 5.41) is 17.0. The normalized spacial score (nSPS) is 26.4. The quantitative estimate of drug-likeness (QED) is 0.0999. The Kier molecular flexibility index (Phi) is 15.1. The summed E-state index contributed by atoms with van der Waals surface area (Å²) in [4.78, 5) is 79.5. The molecule has 18 nitrogen and oxygen atoms in total. The highest BCUT2D eigenvalue weighted by atomic mass is 35.5. The molecule has 19 heteroatoms. The maximum Gasteiger partial charge on any atom is 0.293 e. The maximum atomic E-state index is 13.0. The minimum Gasteiger partial charge on any atom is -0.494 e. The Balaban J connectivity index is 0.729. The summed E-state index contributed by atoms with van der Waals surface area (Å²) in [7, 11) is 4.59. The molecule has 5 fully saturated rings. The van der Waals surface area contributed by atoms with Crippen molar-refractivity contribution in [2.75, 3.05) is 77.0 Å². The van der Waals surface area contributed by atoms with Crippen LogP contribution in [0.5, 0.6) is 11.5 Å². The zero-order valence-electron chi connectivity index (χ0n) is 39.9. The highest BCUT2D eigenvalue weighted by Crippen LogP contribution is 2.65. The molecule has 2 aromatic heterocycles. The van der Waals surface area contributed by atoms with Gasteiger partial charge in [0.15, 0.2) is 24.8 Å². The lowest BCUT2D eigenvalue weighted by atomic mass is 9.45. The van der Waals surface area contributed by atoms with Crippen LogP contribution >= 0.6 is 11.6 Å². The minimum atomic E-state index is -0.418. The molecule has 0 radical (unpaired) electrons. The van der Waals surface area contributed by atoms with Crippen LogP contribution in [-0.2, 0) is 35.8 Å². The molecule has 3 aromatic rings. The van der Waals surface area contributed by atoms with Gasteiger partial charge in [0.2, 0.25) is 11.9 Å². The van der Waals surface area contributed by atoms with Crippen LogP contribution in [0.15, 0.2) is 34.3 Å². The van der Waals surface area contributed by atoms with Crippen LogP contribution in [0.3, 0.4) is 0 Å². The number of piperidine rings is 1. The van der Waals surface area contributed by atoms with Crippen molar-refractivity contribution < 1.29 is 38.2 Å². The number of hydrogen-bond donors (Lipinski definition) is 4. The van der Waals surface area contributed by atoms with Gasteiger partial charge in [0.1, 0.15) is 16.6 Å². The molecule has 0 spiro atoms. The van der Waals surface area contributed by atoms with Gasteiger partial charge in [-0.3, -0.25) is 24.0 Å². The number of nitrogens with zero attached hydrogens (tertiary/aromatic N) is 5. The first-order chi connectivity index (χ1) is 32.7. The van der Waals surface area contributed by atoms with Gasteiger partial charge >= 0.3 is 0 Å². The Bertz CT molecular complexity index is 2480. The van der Waals surface area contributed by atoms with Crippen molar-refractivity contribution in [1.82, 2.24) is 30.5 Å². The first-order valence-electron chi connectivity index (χ1n) is 24.1. The van der Waals surface area contributed by atoms with E-state index in [0.29, 0.717) is 116 Å². The van der Waals surface area contributed by atoms with Crippen molar-refractivity contribution in [3.63, 3.8) is 0 Å². The number of benzene rings is 1. The first-order valence-corrected chi connectivity index (χ1v) is 24.5. The molecule has 8 rings (SSSR count). The second kappa shape index (κ2) is 21.0. The van der Waals surface area contributed by atoms with Crippen LogP contribution < -0.4 is 41.2 Å². The van der Waals surface area contributed by atoms with Crippen molar-refractivity contribution >= 4 is 69.2 Å². The Morgan fingerprint density at radius 1 is 0.912 bits per heavy atom. The number of carbonyl (C=O) groups is 4. The van der Waals surface area contributed by atoms with Gasteiger partial charge in [0, 0.05) is 81.6 Å². The molecular weight excluding hydrogens is 894 g/mol. The summed E-state index contributed by atoms with van der Waals surface area (Å²) in [6, 6.07) is 5.09. The van der Waals surface area contributed by atoms with E-state index in [-0.39, 0.29) is 58.5 Å². The molecule has 0 bridgehead atoms. The Morgan fingerprint density at radius 3 is 2.46 bits per heavy atom. The Morgan fingerprint density at radius 2 is 1.69 bits per heavy atom. The van der Waals surface area contributed by atoms with E-state index in [9.17, 15) is 24.0 Å². The molecule has 4 saturated carbocycles. The summed E-state index contributed by atoms with van der Waals surface area (Å²) < 4.78 is 18.3. The summed E-state index contributed by atoms with van der Waals surface area (Å²) in [6.45, 7) is 6.78. The standard InChI is InChI=1S/C49H66ClN9O9/c1-48-14-10-33(60)24-31(48)6-7-34-35-8-9-40(49(35,2)15-11-36(34)48)57-68-28-42(62)52-16-20-66-21-17-53-45(63)29-12-18-59(19-13-29)47-54-26-37(50)44(56-47)55-32-22-30-23-39(67-27-41(61)51-3)46(64)58(4)43(30)38(25-32)65-5/h22-23,25-26,29,31,34-36H,6-21,24,27-28H2,1-5H3,(H,51,61)(H,52,62)(H,53,63)(H,54,55,56)/b57-40+/t31-,34-,35-,36-,48-,49-/m0/s1. The highest BCUT2D eigenvalue weighted by Gasteiger charge is 2.59. The number of ether oxygens (including phenoxy) is 3. The number of aromatic nitrogens is 3. The fourth-order valence-electron chi connectivity index (χ4n) is 12.2. The van der Waals surface area contributed by atoms with Crippen molar-refractivity contribution in [2.24, 2.45) is 52.6 Å². The molecule has 3 heterocycles. The third-order valence-corrected chi connectivity index (χ3v) is 16.2. The van der Waals surface area contributed by atoms with Gasteiger partial charge in [-0.1, -0.05) is 30.6 Å². The summed E-state index contributed by atoms with van der Waals surface area (Å²) >= 11 is 6.56. The second-order valence-electron chi connectivity index (χ2n) is 19.7. The van der Waals surface area contributed by atoms with Gasteiger partial charge in [0.25, 0.3) is 17.4 Å². The lowest BCUT2D eigenvalue weighted by molar-refractivity contribution is -0.136. The van der Waals surface area contributed by atoms with Crippen LogP contribution in [0, 0.1) is 40.4 Å². The van der Waals surface area contributed by atoms with Gasteiger partial charge < -0.3 is 49.8 Å². The number of halogens is 1. The summed E-state index contributed by atoms with van der Waals surface area (Å²) in [6.07, 6.45) is 11.9. The number of amides is 3. The van der Waals surface area contributed by atoms with Gasteiger partial charge in [0.05, 0.1) is 37.7 Å². The lowest BCUT2D eigenvalue weighted by Crippen LogP contribution is -2.53. The van der Waals surface area contributed by atoms with E-state index in [1.54, 1.807) is 25.2 Å². The number of carbonyl (C=O) groups excluding carboxylic acids is 4. The Labute approximate surface area is 402 Å². The molecule has 368 valence electrons. The van der Waals surface area contributed by atoms with Crippen molar-refractivity contribution in [3.8, 4) is 11.5 Å². The number of anilines is 3. The van der Waals surface area contributed by atoms with E-state index in [1.165, 1.54) is 37.8 Å². The molecule has 4 N–H and O–H groups in total. The highest BCUT2D eigenvalue weighted by molar-refractivity contribution is 6.33. The number of rotatable bonds is 17. The lowest BCUT2D eigenvalue weighted by Gasteiger charge is -2.59. The minimum absolute atomic E-state index is 0.00576. The molecule has 0 unspecified atom stereocenters. The van der Waals surface area contributed by atoms with Crippen molar-refractivity contribution in [2.45, 2.75) is 84.5 Å². The fraction of sp³-hybridized carbons (Fsp3) is 0.633. The summed E-state index contributed by atoms with van der Waals surface area (Å²) in [5.74, 6) is 3.34. The van der Waals surface area contributed by atoms with Gasteiger partial charge in [-0.15, -0.1) is 0 Å². The van der Waals surface area contributed by atoms with Crippen LogP contribution in [-0.4, -0.2) is 111 Å². The molecule has 1 aromatic carbocycles. The third-order valence-electron chi connectivity index (χ3n) is 15.9. The van der Waals surface area contributed by atoms with Crippen LogP contribution in [0.2, 0.25) is 5.02 Å². The van der Waals surface area contributed by atoms with E-state index >= 15 is 0 Å². The average molecular weight is 961 g/mol. The van der Waals surface area contributed by atoms with Gasteiger partial charge in [-0.05, 0) is 99.0 Å². The van der Waals surface area contributed by atoms with Crippen LogP contribution in [0.25, 0.3) is 10.9 Å². The molecule has 1 aliphatic heterocycles. The van der Waals surface area contributed by atoms with Crippen LogP contribution in [0.4, 0.5) is 17.5 Å². The number of pyridine rings is 1. The van der Waals surface area contributed by atoms with E-state index < -0.39 is 5.56 Å². The van der Waals surface area contributed by atoms with E-state index in [0.717, 1.165) is 50.7 Å². The molecule has 4 aliphatic carbocycles. The van der Waals surface area contributed by atoms with Crippen molar-refractivity contribution in [1.29, 1.82) is 0 Å². The number of likely N-dealkylation sites (N-methyl/N-ethyl adjacent to an activating group) is 1. The van der Waals surface area contributed by atoms with E-state index in [1.807, 2.05) is 4.90 Å². The van der Waals surface area contributed by atoms with Crippen molar-refractivity contribution in [3.05, 3.63) is 39.8 Å². The predicted molar refractivity (Wildman–Crippen MR) is 258 cm³/mol. The van der Waals surface area contributed by atoms with Crippen LogP contribution in [0.1, 0.15) is 84.5 Å².